The van der Waals surface area contributed by atoms with Crippen LogP contribution in [0.5, 0.6) is 0 Å². The molecule has 1 fully saturated rings. The molecule has 0 bridgehead atoms. The molecule has 2 aromatic heterocycles. The zero-order chi connectivity index (χ0) is 20.5. The Kier molecular flexibility index (Phi) is 5.35. The van der Waals surface area contributed by atoms with Crippen LogP contribution in [0.1, 0.15) is 36.8 Å². The number of hydrogen-bond donors (Lipinski definition) is 2. The first-order chi connectivity index (χ1) is 14.7. The second-order valence-corrected chi connectivity index (χ2v) is 8.85. The van der Waals surface area contributed by atoms with Gasteiger partial charge in [-0.2, -0.15) is 0 Å². The lowest BCUT2D eigenvalue weighted by atomic mass is 10.1. The summed E-state index contributed by atoms with van der Waals surface area (Å²) in [6.07, 6.45) is 7.41. The molecule has 2 aromatic carbocycles. The van der Waals surface area contributed by atoms with Crippen LogP contribution in [-0.4, -0.2) is 26.8 Å². The number of nitrogens with one attached hydrogen (secondary N) is 1. The Bertz CT molecular complexity index is 1180. The van der Waals surface area contributed by atoms with Crippen molar-refractivity contribution in [1.29, 1.82) is 0 Å². The highest BCUT2D eigenvalue weighted by Crippen LogP contribution is 2.32. The Hall–Kier alpha value is -2.57. The molecule has 0 unspecified atom stereocenters. The highest BCUT2D eigenvalue weighted by molar-refractivity contribution is 7.98. The molecule has 4 aromatic rings. The van der Waals surface area contributed by atoms with E-state index in [1.54, 1.807) is 11.8 Å². The van der Waals surface area contributed by atoms with Gasteiger partial charge in [0, 0.05) is 18.0 Å². The van der Waals surface area contributed by atoms with Crippen LogP contribution in [0.2, 0.25) is 0 Å². The monoisotopic (exact) mass is 417 g/mol. The second-order valence-electron chi connectivity index (χ2n) is 8.07. The third-order valence-corrected chi connectivity index (χ3v) is 6.75. The summed E-state index contributed by atoms with van der Waals surface area (Å²) in [5.41, 5.74) is 11.6. The van der Waals surface area contributed by atoms with Crippen molar-refractivity contribution in [2.45, 2.75) is 50.0 Å². The highest BCUT2D eigenvalue weighted by Gasteiger charge is 2.17. The summed E-state index contributed by atoms with van der Waals surface area (Å²) < 4.78 is 2.27. The average molecular weight is 418 g/mol. The van der Waals surface area contributed by atoms with Gasteiger partial charge in [0.1, 0.15) is 5.52 Å². The number of aromatic nitrogens is 3. The summed E-state index contributed by atoms with van der Waals surface area (Å²) >= 11 is 1.64. The lowest BCUT2D eigenvalue weighted by molar-refractivity contribution is 0.524. The molecular formula is C24H27N5S. The van der Waals surface area contributed by atoms with Crippen LogP contribution >= 0.6 is 11.8 Å². The van der Waals surface area contributed by atoms with Crippen LogP contribution in [-0.2, 0) is 13.1 Å². The quantitative estimate of drug-likeness (QED) is 0.434. The van der Waals surface area contributed by atoms with Gasteiger partial charge in [-0.05, 0) is 36.3 Å². The van der Waals surface area contributed by atoms with Gasteiger partial charge in [-0.1, -0.05) is 67.1 Å². The SMILES string of the molecule is CSc1nc2c(N)nc3ccccc3c2n1Cc1ccc(CNC2CCCC2)cc1. The summed E-state index contributed by atoms with van der Waals surface area (Å²) in [5.74, 6) is 0.492. The van der Waals surface area contributed by atoms with Crippen LogP contribution in [0.4, 0.5) is 5.82 Å². The Morgan fingerprint density at radius 1 is 1.03 bits per heavy atom. The predicted octanol–water partition coefficient (Wildman–Crippen LogP) is 4.97. The fourth-order valence-corrected chi connectivity index (χ4v) is 5.04. The molecule has 1 saturated carbocycles. The van der Waals surface area contributed by atoms with E-state index in [1.165, 1.54) is 36.8 Å². The molecule has 0 amide bonds. The van der Waals surface area contributed by atoms with Crippen molar-refractivity contribution < 1.29 is 0 Å². The van der Waals surface area contributed by atoms with E-state index in [0.717, 1.165) is 40.2 Å². The second kappa shape index (κ2) is 8.28. The van der Waals surface area contributed by atoms with Gasteiger partial charge in [0.2, 0.25) is 0 Å². The van der Waals surface area contributed by atoms with Gasteiger partial charge in [0.05, 0.1) is 17.6 Å². The molecule has 30 heavy (non-hydrogen) atoms. The predicted molar refractivity (Wildman–Crippen MR) is 126 cm³/mol. The number of fused-ring (bicyclic) bond motifs is 3. The van der Waals surface area contributed by atoms with Crippen molar-refractivity contribution in [2.75, 3.05) is 12.0 Å². The number of thioether (sulfide) groups is 1. The lowest BCUT2D eigenvalue weighted by Crippen LogP contribution is -2.25. The summed E-state index contributed by atoms with van der Waals surface area (Å²) in [4.78, 5) is 9.35. The van der Waals surface area contributed by atoms with Crippen molar-refractivity contribution >= 4 is 39.5 Å². The molecule has 0 aliphatic heterocycles. The summed E-state index contributed by atoms with van der Waals surface area (Å²) in [7, 11) is 0. The van der Waals surface area contributed by atoms with Crippen LogP contribution < -0.4 is 11.1 Å². The van der Waals surface area contributed by atoms with E-state index in [1.807, 2.05) is 18.2 Å². The average Bonchev–Trinajstić information content (AvgIpc) is 3.42. The standard InChI is InChI=1S/C24H27N5S/c1-30-24-28-21-22(19-8-4-5-9-20(19)27-23(21)25)29(24)15-17-12-10-16(11-13-17)14-26-18-6-2-3-7-18/h4-5,8-13,18,26H,2-3,6-7,14-15H2,1H3,(H2,25,27). The fraction of sp³-hybridized carbons (Fsp3) is 0.333. The molecule has 154 valence electrons. The zero-order valence-corrected chi connectivity index (χ0v) is 18.1. The van der Waals surface area contributed by atoms with Gasteiger partial charge in [0.25, 0.3) is 0 Å². The third-order valence-electron chi connectivity index (χ3n) is 6.07. The summed E-state index contributed by atoms with van der Waals surface area (Å²) in [6.45, 7) is 1.71. The van der Waals surface area contributed by atoms with Crippen LogP contribution in [0, 0.1) is 0 Å². The first kappa shape index (κ1) is 19.4. The normalized spacial score (nSPS) is 14.8. The first-order valence-corrected chi connectivity index (χ1v) is 11.8. The number of pyridine rings is 1. The number of imidazole rings is 1. The highest BCUT2D eigenvalue weighted by atomic mass is 32.2. The van der Waals surface area contributed by atoms with Gasteiger partial charge in [-0.25, -0.2) is 9.97 Å². The maximum atomic E-state index is 6.25. The minimum Gasteiger partial charge on any atom is -0.382 e. The Balaban J connectivity index is 1.46. The van der Waals surface area contributed by atoms with Crippen molar-refractivity contribution in [3.05, 3.63) is 59.7 Å². The summed E-state index contributed by atoms with van der Waals surface area (Å²) in [5, 5.41) is 5.74. The van der Waals surface area contributed by atoms with E-state index in [0.29, 0.717) is 11.9 Å². The van der Waals surface area contributed by atoms with E-state index in [-0.39, 0.29) is 0 Å². The number of nitrogens with zero attached hydrogens (tertiary/aromatic N) is 3. The lowest BCUT2D eigenvalue weighted by Gasteiger charge is -2.13. The molecule has 0 spiro atoms. The number of hydrogen-bond acceptors (Lipinski definition) is 5. The number of rotatable bonds is 6. The number of nitrogens with two attached hydrogens (primary N) is 1. The minimum atomic E-state index is 0.492. The van der Waals surface area contributed by atoms with Crippen LogP contribution in [0.15, 0.2) is 53.7 Å². The van der Waals surface area contributed by atoms with Gasteiger partial charge >= 0.3 is 0 Å². The first-order valence-electron chi connectivity index (χ1n) is 10.6. The van der Waals surface area contributed by atoms with Gasteiger partial charge < -0.3 is 15.6 Å². The molecule has 6 heteroatoms. The molecule has 1 aliphatic carbocycles. The van der Waals surface area contributed by atoms with Crippen molar-refractivity contribution in [3.63, 3.8) is 0 Å². The minimum absolute atomic E-state index is 0.492. The molecule has 0 atom stereocenters. The Morgan fingerprint density at radius 3 is 2.53 bits per heavy atom. The van der Waals surface area contributed by atoms with E-state index >= 15 is 0 Å². The smallest absolute Gasteiger partial charge is 0.169 e. The van der Waals surface area contributed by atoms with Crippen LogP contribution in [0.25, 0.3) is 21.9 Å². The van der Waals surface area contributed by atoms with Crippen molar-refractivity contribution in [1.82, 2.24) is 19.9 Å². The Labute approximate surface area is 181 Å². The largest absolute Gasteiger partial charge is 0.382 e. The van der Waals surface area contributed by atoms with Gasteiger partial charge in [-0.15, -0.1) is 0 Å². The number of benzene rings is 2. The molecule has 0 saturated heterocycles. The number of anilines is 1. The van der Waals surface area contributed by atoms with Crippen LogP contribution in [0.3, 0.4) is 0 Å². The van der Waals surface area contributed by atoms with Crippen molar-refractivity contribution in [3.8, 4) is 0 Å². The summed E-state index contributed by atoms with van der Waals surface area (Å²) in [6, 6.07) is 17.8. The van der Waals surface area contributed by atoms with Gasteiger partial charge in [0.15, 0.2) is 11.0 Å². The maximum absolute atomic E-state index is 6.25. The Morgan fingerprint density at radius 2 is 1.77 bits per heavy atom. The topological polar surface area (TPSA) is 68.8 Å². The molecule has 5 rings (SSSR count). The van der Waals surface area contributed by atoms with E-state index in [9.17, 15) is 0 Å². The number of para-hydroxylation sites is 1. The van der Waals surface area contributed by atoms with Gasteiger partial charge in [-0.3, -0.25) is 0 Å². The number of nitrogen functional groups attached to an aromatic ring is 1. The van der Waals surface area contributed by atoms with Crippen molar-refractivity contribution in [2.24, 2.45) is 0 Å². The molecular weight excluding hydrogens is 390 g/mol. The fourth-order valence-electron chi connectivity index (χ4n) is 4.48. The molecule has 5 nitrogen and oxygen atoms in total. The van der Waals surface area contributed by atoms with E-state index in [4.69, 9.17) is 10.7 Å². The zero-order valence-electron chi connectivity index (χ0n) is 17.3. The maximum Gasteiger partial charge on any atom is 0.169 e. The molecule has 2 heterocycles. The molecule has 3 N–H and O–H groups in total. The van der Waals surface area contributed by atoms with E-state index < -0.39 is 0 Å². The third kappa shape index (κ3) is 3.66. The molecule has 0 radical (unpaired) electrons. The van der Waals surface area contributed by atoms with E-state index in [2.05, 4.69) is 51.5 Å². The molecule has 1 aliphatic rings.